The number of carbonyl (C=O) groups excluding carboxylic acids is 2. The van der Waals surface area contributed by atoms with Gasteiger partial charge in [-0.2, -0.15) is 0 Å². The predicted molar refractivity (Wildman–Crippen MR) is 60.3 cm³/mol. The van der Waals surface area contributed by atoms with Crippen molar-refractivity contribution in [2.75, 3.05) is 14.2 Å². The van der Waals surface area contributed by atoms with Gasteiger partial charge < -0.3 is 14.9 Å². The molecule has 0 spiro atoms. The molecule has 0 aliphatic carbocycles. The van der Waals surface area contributed by atoms with Crippen LogP contribution in [-0.4, -0.2) is 36.6 Å². The Labute approximate surface area is 103 Å². The lowest BCUT2D eigenvalue weighted by Gasteiger charge is -2.07. The summed E-state index contributed by atoms with van der Waals surface area (Å²) in [5.74, 6) is -1.23. The molecule has 1 heterocycles. The monoisotopic (exact) mass is 261 g/mol. The summed E-state index contributed by atoms with van der Waals surface area (Å²) in [6.07, 6.45) is 0. The van der Waals surface area contributed by atoms with E-state index in [1.54, 1.807) is 6.92 Å². The molecule has 1 rings (SSSR count). The summed E-state index contributed by atoms with van der Waals surface area (Å²) in [6.45, 7) is 1.60. The number of esters is 2. The van der Waals surface area contributed by atoms with Crippen molar-refractivity contribution < 1.29 is 24.5 Å². The Bertz CT molecular complexity index is 409. The van der Waals surface area contributed by atoms with E-state index < -0.39 is 11.9 Å². The molecule has 0 fully saturated rings. The van der Waals surface area contributed by atoms with Crippen LogP contribution in [0.25, 0.3) is 0 Å². The lowest BCUT2D eigenvalue weighted by atomic mass is 10.1. The molecule has 7 heteroatoms. The van der Waals surface area contributed by atoms with Crippen molar-refractivity contribution in [3.63, 3.8) is 0 Å². The number of pyridine rings is 1. The van der Waals surface area contributed by atoms with Gasteiger partial charge in [0.2, 0.25) is 0 Å². The summed E-state index contributed by atoms with van der Waals surface area (Å²) >= 11 is 5.76. The molecule has 0 aliphatic rings. The van der Waals surface area contributed by atoms with E-state index >= 15 is 0 Å². The van der Waals surface area contributed by atoms with E-state index in [2.05, 4.69) is 14.5 Å². The van der Waals surface area contributed by atoms with Crippen LogP contribution in [-0.2, 0) is 9.47 Å². The molecule has 0 atom stereocenters. The van der Waals surface area contributed by atoms with Crippen molar-refractivity contribution >= 4 is 23.5 Å². The van der Waals surface area contributed by atoms with Crippen LogP contribution in [0.5, 0.6) is 0 Å². The molecule has 17 heavy (non-hydrogen) atoms. The number of hydrogen-bond donors (Lipinski definition) is 0. The van der Waals surface area contributed by atoms with Gasteiger partial charge in [-0.25, -0.2) is 14.6 Å². The molecule has 1 aromatic heterocycles. The first-order valence-electron chi connectivity index (χ1n) is 4.35. The molecular weight excluding hydrogens is 250 g/mol. The summed E-state index contributed by atoms with van der Waals surface area (Å²) in [4.78, 5) is 26.5. The third kappa shape index (κ3) is 3.15. The number of rotatable bonds is 2. The van der Waals surface area contributed by atoms with Crippen LogP contribution in [0.1, 0.15) is 26.4 Å². The molecule has 0 saturated carbocycles. The van der Waals surface area contributed by atoms with Gasteiger partial charge in [0.25, 0.3) is 0 Å². The topological polar surface area (TPSA) is 97.0 Å². The smallest absolute Gasteiger partial charge is 0.341 e. The van der Waals surface area contributed by atoms with Crippen LogP contribution in [0.2, 0.25) is 5.15 Å². The Balaban J connectivity index is 0.00000256. The Morgan fingerprint density at radius 2 is 1.65 bits per heavy atom. The summed E-state index contributed by atoms with van der Waals surface area (Å²) in [5.41, 5.74) is 0.618. The van der Waals surface area contributed by atoms with Crippen LogP contribution < -0.4 is 0 Å². The van der Waals surface area contributed by atoms with Gasteiger partial charge in [0, 0.05) is 0 Å². The Hall–Kier alpha value is -1.66. The van der Waals surface area contributed by atoms with Crippen LogP contribution in [0.4, 0.5) is 0 Å². The maximum atomic E-state index is 11.4. The number of hydrogen-bond acceptors (Lipinski definition) is 5. The normalized spacial score (nSPS) is 9.18. The second kappa shape index (κ2) is 6.17. The van der Waals surface area contributed by atoms with Crippen LogP contribution in [0.15, 0.2) is 6.07 Å². The molecule has 0 saturated heterocycles. The van der Waals surface area contributed by atoms with Crippen molar-refractivity contribution in [1.29, 1.82) is 0 Å². The van der Waals surface area contributed by atoms with Crippen molar-refractivity contribution in [3.05, 3.63) is 28.0 Å². The summed E-state index contributed by atoms with van der Waals surface area (Å²) < 4.78 is 9.06. The summed E-state index contributed by atoms with van der Waals surface area (Å²) in [7, 11) is 2.46. The van der Waals surface area contributed by atoms with E-state index in [0.717, 1.165) is 0 Å². The van der Waals surface area contributed by atoms with Crippen LogP contribution in [0.3, 0.4) is 0 Å². The molecule has 1 aromatic rings. The molecule has 0 bridgehead atoms. The average molecular weight is 262 g/mol. The highest BCUT2D eigenvalue weighted by molar-refractivity contribution is 6.32. The first kappa shape index (κ1) is 15.3. The molecule has 6 nitrogen and oxygen atoms in total. The Kier molecular flexibility index (Phi) is 5.57. The molecule has 0 aliphatic heterocycles. The van der Waals surface area contributed by atoms with Crippen molar-refractivity contribution in [3.8, 4) is 0 Å². The van der Waals surface area contributed by atoms with Gasteiger partial charge in [-0.3, -0.25) is 0 Å². The molecular formula is C10H12ClNO5. The lowest BCUT2D eigenvalue weighted by Crippen LogP contribution is -2.10. The quantitative estimate of drug-likeness (QED) is 0.579. The molecule has 0 aromatic carbocycles. The van der Waals surface area contributed by atoms with Gasteiger partial charge in [-0.1, -0.05) is 11.6 Å². The molecule has 2 N–H and O–H groups in total. The third-order valence-corrected chi connectivity index (χ3v) is 2.27. The SMILES string of the molecule is COC(=O)c1cc(C(=O)OC)c(Cl)nc1C.O. The maximum absolute atomic E-state index is 11.4. The number of carbonyl (C=O) groups is 2. The number of nitrogens with zero attached hydrogens (tertiary/aromatic N) is 1. The number of ether oxygens (including phenoxy) is 2. The lowest BCUT2D eigenvalue weighted by molar-refractivity contribution is 0.0598. The average Bonchev–Trinajstić information content (AvgIpc) is 2.27. The fourth-order valence-electron chi connectivity index (χ4n) is 1.15. The molecule has 0 radical (unpaired) electrons. The van der Waals surface area contributed by atoms with Gasteiger partial charge in [0.1, 0.15) is 5.15 Å². The standard InChI is InChI=1S/C10H10ClNO4.H2O/c1-5-6(9(13)15-2)4-7(8(11)12-5)10(14)16-3;/h4H,1-3H3;1H2. The summed E-state index contributed by atoms with van der Waals surface area (Å²) in [5, 5.41) is -0.00277. The zero-order valence-corrected chi connectivity index (χ0v) is 10.3. The van der Waals surface area contributed by atoms with Crippen molar-refractivity contribution in [1.82, 2.24) is 4.98 Å². The zero-order valence-electron chi connectivity index (χ0n) is 9.54. The third-order valence-electron chi connectivity index (χ3n) is 1.98. The number of methoxy groups -OCH3 is 2. The first-order valence-corrected chi connectivity index (χ1v) is 4.72. The summed E-state index contributed by atoms with van der Waals surface area (Å²) in [6, 6.07) is 1.31. The number of aromatic nitrogens is 1. The minimum atomic E-state index is -0.650. The van der Waals surface area contributed by atoms with Crippen molar-refractivity contribution in [2.24, 2.45) is 0 Å². The van der Waals surface area contributed by atoms with Gasteiger partial charge in [-0.05, 0) is 13.0 Å². The first-order chi connectivity index (χ1) is 7.51. The van der Waals surface area contributed by atoms with Gasteiger partial charge >= 0.3 is 11.9 Å². The predicted octanol–water partition coefficient (Wildman–Crippen LogP) is 0.792. The highest BCUT2D eigenvalue weighted by Crippen LogP contribution is 2.19. The van der Waals surface area contributed by atoms with E-state index in [1.807, 2.05) is 0 Å². The highest BCUT2D eigenvalue weighted by atomic mass is 35.5. The Morgan fingerprint density at radius 1 is 1.18 bits per heavy atom. The van der Waals surface area contributed by atoms with E-state index in [-0.39, 0.29) is 21.8 Å². The zero-order chi connectivity index (χ0) is 12.3. The number of halogens is 1. The van der Waals surface area contributed by atoms with Crippen LogP contribution in [0, 0.1) is 6.92 Å². The molecule has 0 unspecified atom stereocenters. The minimum absolute atomic E-state index is 0. The Morgan fingerprint density at radius 3 is 2.12 bits per heavy atom. The second-order valence-electron chi connectivity index (χ2n) is 2.94. The molecule has 94 valence electrons. The number of aryl methyl sites for hydroxylation is 1. The fraction of sp³-hybridized carbons (Fsp3) is 0.300. The van der Waals surface area contributed by atoms with Gasteiger partial charge in [0.15, 0.2) is 0 Å². The minimum Gasteiger partial charge on any atom is -0.465 e. The van der Waals surface area contributed by atoms with E-state index in [1.165, 1.54) is 20.3 Å². The van der Waals surface area contributed by atoms with Gasteiger partial charge in [-0.15, -0.1) is 0 Å². The van der Waals surface area contributed by atoms with Crippen molar-refractivity contribution in [2.45, 2.75) is 6.92 Å². The maximum Gasteiger partial charge on any atom is 0.341 e. The van der Waals surface area contributed by atoms with E-state index in [0.29, 0.717) is 5.69 Å². The fourth-order valence-corrected chi connectivity index (χ4v) is 1.40. The molecule has 0 amide bonds. The van der Waals surface area contributed by atoms with Crippen LogP contribution >= 0.6 is 11.6 Å². The highest BCUT2D eigenvalue weighted by Gasteiger charge is 2.18. The van der Waals surface area contributed by atoms with Gasteiger partial charge in [0.05, 0.1) is 31.0 Å². The second-order valence-corrected chi connectivity index (χ2v) is 3.30. The van der Waals surface area contributed by atoms with E-state index in [4.69, 9.17) is 11.6 Å². The van der Waals surface area contributed by atoms with E-state index in [9.17, 15) is 9.59 Å². The largest absolute Gasteiger partial charge is 0.465 e.